The van der Waals surface area contributed by atoms with E-state index in [1.165, 1.54) is 11.4 Å². The SMILES string of the molecule is COc1ccc(NC(=O)C2CCCN(S(=O)(=O)c3ccc(Br)cc3)C2)c(OC)c1. The van der Waals surface area contributed by atoms with E-state index in [-0.39, 0.29) is 17.3 Å². The number of nitrogens with zero attached hydrogens (tertiary/aromatic N) is 1. The molecule has 1 unspecified atom stereocenters. The van der Waals surface area contributed by atoms with Crippen LogP contribution in [0.25, 0.3) is 0 Å². The van der Waals surface area contributed by atoms with E-state index in [1.54, 1.807) is 49.6 Å². The highest BCUT2D eigenvalue weighted by molar-refractivity contribution is 9.10. The summed E-state index contributed by atoms with van der Waals surface area (Å²) in [6, 6.07) is 11.6. The number of hydrogen-bond donors (Lipinski definition) is 1. The van der Waals surface area contributed by atoms with Crippen molar-refractivity contribution in [1.82, 2.24) is 4.31 Å². The van der Waals surface area contributed by atoms with Crippen molar-refractivity contribution < 1.29 is 22.7 Å². The minimum absolute atomic E-state index is 0.142. The van der Waals surface area contributed by atoms with Gasteiger partial charge in [0.2, 0.25) is 15.9 Å². The minimum atomic E-state index is -3.65. The van der Waals surface area contributed by atoms with Crippen LogP contribution in [-0.4, -0.2) is 45.9 Å². The van der Waals surface area contributed by atoms with Crippen LogP contribution in [0.15, 0.2) is 51.8 Å². The molecular formula is C20H23BrN2O5S. The molecule has 1 saturated heterocycles. The van der Waals surface area contributed by atoms with Crippen molar-refractivity contribution in [3.63, 3.8) is 0 Å². The van der Waals surface area contributed by atoms with E-state index in [0.29, 0.717) is 36.6 Å². The Labute approximate surface area is 179 Å². The summed E-state index contributed by atoms with van der Waals surface area (Å²) in [7, 11) is -0.586. The molecule has 0 aliphatic carbocycles. The van der Waals surface area contributed by atoms with E-state index in [9.17, 15) is 13.2 Å². The predicted molar refractivity (Wildman–Crippen MR) is 114 cm³/mol. The van der Waals surface area contributed by atoms with E-state index >= 15 is 0 Å². The third-order valence-corrected chi connectivity index (χ3v) is 7.28. The minimum Gasteiger partial charge on any atom is -0.497 e. The number of benzene rings is 2. The van der Waals surface area contributed by atoms with E-state index in [2.05, 4.69) is 21.2 Å². The maximum absolute atomic E-state index is 12.9. The molecule has 0 bridgehead atoms. The Balaban J connectivity index is 1.73. The van der Waals surface area contributed by atoms with E-state index in [0.717, 1.165) is 4.47 Å². The summed E-state index contributed by atoms with van der Waals surface area (Å²) in [6.07, 6.45) is 1.24. The largest absolute Gasteiger partial charge is 0.497 e. The molecule has 7 nitrogen and oxygen atoms in total. The van der Waals surface area contributed by atoms with Gasteiger partial charge in [-0.1, -0.05) is 15.9 Å². The molecule has 1 atom stereocenters. The Hall–Kier alpha value is -2.10. The van der Waals surface area contributed by atoms with Gasteiger partial charge < -0.3 is 14.8 Å². The molecular weight excluding hydrogens is 460 g/mol. The van der Waals surface area contributed by atoms with Crippen molar-refractivity contribution in [1.29, 1.82) is 0 Å². The Morgan fingerprint density at radius 1 is 1.14 bits per heavy atom. The molecule has 156 valence electrons. The number of carbonyl (C=O) groups excluding carboxylic acids is 1. The van der Waals surface area contributed by atoms with Gasteiger partial charge in [0.1, 0.15) is 11.5 Å². The van der Waals surface area contributed by atoms with Gasteiger partial charge in [0, 0.05) is 23.6 Å². The number of nitrogens with one attached hydrogen (secondary N) is 1. The monoisotopic (exact) mass is 482 g/mol. The summed E-state index contributed by atoms with van der Waals surface area (Å²) in [6.45, 7) is 0.538. The zero-order chi connectivity index (χ0) is 21.0. The molecule has 1 heterocycles. The van der Waals surface area contributed by atoms with Crippen LogP contribution in [0.3, 0.4) is 0 Å². The highest BCUT2D eigenvalue weighted by atomic mass is 79.9. The molecule has 0 radical (unpaired) electrons. The Morgan fingerprint density at radius 2 is 1.86 bits per heavy atom. The second-order valence-electron chi connectivity index (χ2n) is 6.71. The van der Waals surface area contributed by atoms with Gasteiger partial charge in [0.15, 0.2) is 0 Å². The molecule has 2 aromatic rings. The zero-order valence-corrected chi connectivity index (χ0v) is 18.6. The molecule has 0 saturated carbocycles. The van der Waals surface area contributed by atoms with Crippen LogP contribution >= 0.6 is 15.9 Å². The van der Waals surface area contributed by atoms with Gasteiger partial charge in [-0.2, -0.15) is 4.31 Å². The summed E-state index contributed by atoms with van der Waals surface area (Å²) >= 11 is 3.31. The molecule has 1 N–H and O–H groups in total. The molecule has 2 aromatic carbocycles. The van der Waals surface area contributed by atoms with Gasteiger partial charge in [0.25, 0.3) is 0 Å². The van der Waals surface area contributed by atoms with Crippen molar-refractivity contribution >= 4 is 37.5 Å². The lowest BCUT2D eigenvalue weighted by molar-refractivity contribution is -0.120. The third-order valence-electron chi connectivity index (χ3n) is 4.87. The number of amides is 1. The van der Waals surface area contributed by atoms with Gasteiger partial charge in [0.05, 0.1) is 30.7 Å². The van der Waals surface area contributed by atoms with Gasteiger partial charge in [-0.05, 0) is 49.2 Å². The highest BCUT2D eigenvalue weighted by Crippen LogP contribution is 2.31. The number of ether oxygens (including phenoxy) is 2. The Morgan fingerprint density at radius 3 is 2.52 bits per heavy atom. The molecule has 1 aliphatic rings. The molecule has 9 heteroatoms. The van der Waals surface area contributed by atoms with Crippen LogP contribution in [0.1, 0.15) is 12.8 Å². The van der Waals surface area contributed by atoms with Crippen LogP contribution in [-0.2, 0) is 14.8 Å². The quantitative estimate of drug-likeness (QED) is 0.680. The van der Waals surface area contributed by atoms with E-state index < -0.39 is 15.9 Å². The number of sulfonamides is 1. The van der Waals surface area contributed by atoms with E-state index in [4.69, 9.17) is 9.47 Å². The fraction of sp³-hybridized carbons (Fsp3) is 0.350. The van der Waals surface area contributed by atoms with Crippen molar-refractivity contribution in [2.75, 3.05) is 32.6 Å². The average molecular weight is 483 g/mol. The first-order valence-electron chi connectivity index (χ1n) is 9.13. The van der Waals surface area contributed by atoms with Crippen LogP contribution in [0, 0.1) is 5.92 Å². The van der Waals surface area contributed by atoms with Crippen LogP contribution in [0.5, 0.6) is 11.5 Å². The summed E-state index contributed by atoms with van der Waals surface area (Å²) in [5.74, 6) is 0.419. The molecule has 29 heavy (non-hydrogen) atoms. The van der Waals surface area contributed by atoms with Crippen LogP contribution < -0.4 is 14.8 Å². The van der Waals surface area contributed by atoms with Gasteiger partial charge in [-0.25, -0.2) is 8.42 Å². The molecule has 1 fully saturated rings. The number of carbonyl (C=O) groups is 1. The van der Waals surface area contributed by atoms with Crippen molar-refractivity contribution in [2.24, 2.45) is 5.92 Å². The lowest BCUT2D eigenvalue weighted by Gasteiger charge is -2.31. The summed E-state index contributed by atoms with van der Waals surface area (Å²) in [5, 5.41) is 2.85. The third kappa shape index (κ3) is 4.91. The number of halogens is 1. The first-order chi connectivity index (χ1) is 13.8. The highest BCUT2D eigenvalue weighted by Gasteiger charge is 2.33. The summed E-state index contributed by atoms with van der Waals surface area (Å²) in [5.41, 5.74) is 0.520. The maximum Gasteiger partial charge on any atom is 0.243 e. The average Bonchev–Trinajstić information content (AvgIpc) is 2.74. The smallest absolute Gasteiger partial charge is 0.243 e. The predicted octanol–water partition coefficient (Wildman–Crippen LogP) is 3.51. The number of piperidine rings is 1. The van der Waals surface area contributed by atoms with Crippen molar-refractivity contribution in [3.8, 4) is 11.5 Å². The Bertz CT molecular complexity index is 979. The van der Waals surface area contributed by atoms with Gasteiger partial charge >= 0.3 is 0 Å². The van der Waals surface area contributed by atoms with Gasteiger partial charge in [-0.15, -0.1) is 0 Å². The number of anilines is 1. The number of hydrogen-bond acceptors (Lipinski definition) is 5. The molecule has 0 spiro atoms. The molecule has 3 rings (SSSR count). The zero-order valence-electron chi connectivity index (χ0n) is 16.2. The standard InChI is InChI=1S/C20H23BrN2O5S/c1-27-16-7-10-18(19(12-16)28-2)22-20(24)14-4-3-11-23(13-14)29(25,26)17-8-5-15(21)6-9-17/h5-10,12,14H,3-4,11,13H2,1-2H3,(H,22,24). The summed E-state index contributed by atoms with van der Waals surface area (Å²) < 4.78 is 38.6. The lowest BCUT2D eigenvalue weighted by atomic mass is 9.98. The molecule has 0 aromatic heterocycles. The summed E-state index contributed by atoms with van der Waals surface area (Å²) in [4.78, 5) is 13.0. The van der Waals surface area contributed by atoms with Crippen molar-refractivity contribution in [3.05, 3.63) is 46.9 Å². The second-order valence-corrected chi connectivity index (χ2v) is 9.57. The fourth-order valence-electron chi connectivity index (χ4n) is 3.27. The van der Waals surface area contributed by atoms with E-state index in [1.807, 2.05) is 0 Å². The van der Waals surface area contributed by atoms with Crippen LogP contribution in [0.4, 0.5) is 5.69 Å². The Kier molecular flexibility index (Phi) is 6.81. The second kappa shape index (κ2) is 9.15. The fourth-order valence-corrected chi connectivity index (χ4v) is 5.06. The maximum atomic E-state index is 12.9. The molecule has 1 aliphatic heterocycles. The number of methoxy groups -OCH3 is 2. The van der Waals surface area contributed by atoms with Gasteiger partial charge in [-0.3, -0.25) is 4.79 Å². The first kappa shape index (κ1) is 21.6. The lowest BCUT2D eigenvalue weighted by Crippen LogP contribution is -2.43. The van der Waals surface area contributed by atoms with Crippen molar-refractivity contribution in [2.45, 2.75) is 17.7 Å². The topological polar surface area (TPSA) is 84.9 Å². The first-order valence-corrected chi connectivity index (χ1v) is 11.4. The van der Waals surface area contributed by atoms with Crippen LogP contribution in [0.2, 0.25) is 0 Å². The normalized spacial score (nSPS) is 17.6. The number of rotatable bonds is 6. The molecule has 1 amide bonds.